The van der Waals surface area contributed by atoms with E-state index in [-0.39, 0.29) is 48.7 Å². The van der Waals surface area contributed by atoms with Gasteiger partial charge in [0.05, 0.1) is 26.4 Å². The molecular formula is C96H129N21O8. The summed E-state index contributed by atoms with van der Waals surface area (Å²) in [5.41, 5.74) is 41.4. The summed E-state index contributed by atoms with van der Waals surface area (Å²) in [7, 11) is 5.06. The molecule has 8 N–H and O–H groups in total. The van der Waals surface area contributed by atoms with Gasteiger partial charge in [-0.1, -0.05) is 154 Å². The Balaban J connectivity index is 0.000000143. The molecule has 0 spiro atoms. The van der Waals surface area contributed by atoms with Crippen LogP contribution in [0, 0.1) is 0 Å². The molecule has 8 aliphatic rings. The second kappa shape index (κ2) is 44.1. The molecule has 16 rings (SSSR count). The molecule has 0 unspecified atom stereocenters. The van der Waals surface area contributed by atoms with E-state index < -0.39 is 11.7 Å². The van der Waals surface area contributed by atoms with Crippen LogP contribution in [0.25, 0.3) is 0 Å². The highest BCUT2D eigenvalue weighted by molar-refractivity contribution is 6.43. The maximum atomic E-state index is 12.9. The number of nitrogen functional groups attached to an aromatic ring is 4. The first-order valence-corrected chi connectivity index (χ1v) is 44.7. The zero-order valence-corrected chi connectivity index (χ0v) is 74.6. The predicted octanol–water partition coefficient (Wildman–Crippen LogP) is 12.1. The molecule has 4 saturated heterocycles. The predicted molar refractivity (Wildman–Crippen MR) is 493 cm³/mol. The van der Waals surface area contributed by atoms with Crippen LogP contribution in [0.1, 0.15) is 176 Å². The highest BCUT2D eigenvalue weighted by Gasteiger charge is 2.37. The maximum Gasteiger partial charge on any atom is 0.320 e. The van der Waals surface area contributed by atoms with Crippen LogP contribution in [0.5, 0.6) is 18.0 Å². The summed E-state index contributed by atoms with van der Waals surface area (Å²) < 4.78 is 27.6. The van der Waals surface area contributed by atoms with Crippen molar-refractivity contribution >= 4 is 64.1 Å². The SMILES string of the molecule is C=C1Cc2c(N)nc(C(=O)N(C)CCC)nc2N(Cc2ccc(CN3CCCC3)cc2)C1.C=C1Cc2c(N)nc(O[C@@H](C)COC)nc2N(Cc2cccc(CN3CCCC3)c2)C1.C=C1Cc2c(N)nc(O[C@H](C)COC)nc2N(Cc2cccc(CN3CCCC3)c2)C1.CCCCOc1nc(N)c2c(n1)N(Cc1ccccc1CN1CCCC1)C(=O)C(=O)C2. The number of ketones is 1. The number of unbranched alkanes of at least 4 members (excludes halogenated alkanes) is 1. The minimum atomic E-state index is -0.568. The van der Waals surface area contributed by atoms with Crippen molar-refractivity contribution in [1.29, 1.82) is 0 Å². The summed E-state index contributed by atoms with van der Waals surface area (Å²) in [4.78, 5) is 93.6. The average molecular weight is 1710 g/mol. The van der Waals surface area contributed by atoms with Gasteiger partial charge < -0.3 is 66.2 Å². The Kier molecular flexibility index (Phi) is 32.3. The van der Waals surface area contributed by atoms with E-state index in [4.69, 9.17) is 56.6 Å². The van der Waals surface area contributed by atoms with Crippen molar-refractivity contribution in [1.82, 2.24) is 64.4 Å². The lowest BCUT2D eigenvalue weighted by Crippen LogP contribution is -2.42. The van der Waals surface area contributed by atoms with Crippen LogP contribution in [0.15, 0.2) is 134 Å². The normalized spacial score (nSPS) is 17.0. The van der Waals surface area contributed by atoms with Crippen molar-refractivity contribution in [2.45, 2.75) is 189 Å². The number of aromatic nitrogens is 8. The van der Waals surface area contributed by atoms with Crippen molar-refractivity contribution in [3.05, 3.63) is 206 Å². The summed E-state index contributed by atoms with van der Waals surface area (Å²) in [5.74, 6) is 3.17. The number of fused-ring (bicyclic) bond motifs is 4. The molecule has 0 radical (unpaired) electrons. The van der Waals surface area contributed by atoms with E-state index in [1.54, 1.807) is 26.2 Å². The third-order valence-electron chi connectivity index (χ3n) is 23.7. The third-order valence-corrected chi connectivity index (χ3v) is 23.7. The van der Waals surface area contributed by atoms with Gasteiger partial charge >= 0.3 is 18.0 Å². The van der Waals surface area contributed by atoms with Crippen LogP contribution < -0.4 is 56.7 Å². The van der Waals surface area contributed by atoms with Crippen LogP contribution >= 0.6 is 0 Å². The topological polar surface area (TPSA) is 334 Å². The lowest BCUT2D eigenvalue weighted by molar-refractivity contribution is -0.136. The fourth-order valence-corrected chi connectivity index (χ4v) is 17.5. The van der Waals surface area contributed by atoms with Gasteiger partial charge in [0.2, 0.25) is 11.6 Å². The first-order valence-electron chi connectivity index (χ1n) is 44.7. The molecular weight excluding hydrogens is 1580 g/mol. The van der Waals surface area contributed by atoms with E-state index in [9.17, 15) is 14.4 Å². The van der Waals surface area contributed by atoms with Gasteiger partial charge in [0.1, 0.15) is 58.8 Å². The fourth-order valence-electron chi connectivity index (χ4n) is 17.5. The Bertz CT molecular complexity index is 4890. The number of hydrogen-bond donors (Lipinski definition) is 4. The van der Waals surface area contributed by atoms with Crippen molar-refractivity contribution in [2.24, 2.45) is 0 Å². The third kappa shape index (κ3) is 24.9. The Morgan fingerprint density at radius 2 is 0.816 bits per heavy atom. The van der Waals surface area contributed by atoms with Gasteiger partial charge in [0.15, 0.2) is 0 Å². The molecule has 666 valence electrons. The number of rotatable bonds is 31. The number of Topliss-reactive ketones (excluding diaryl/α,β-unsaturated/α-hetero) is 1. The number of methoxy groups -OCH3 is 2. The van der Waals surface area contributed by atoms with E-state index in [1.807, 2.05) is 39.0 Å². The zero-order chi connectivity index (χ0) is 88.0. The lowest BCUT2D eigenvalue weighted by atomic mass is 10.0. The summed E-state index contributed by atoms with van der Waals surface area (Å²) in [6.07, 6.45) is 14.6. The van der Waals surface area contributed by atoms with E-state index in [1.165, 1.54) is 129 Å². The van der Waals surface area contributed by atoms with Gasteiger partial charge in [-0.3, -0.25) is 38.9 Å². The van der Waals surface area contributed by atoms with Gasteiger partial charge in [-0.15, -0.1) is 0 Å². The zero-order valence-electron chi connectivity index (χ0n) is 74.6. The standard InChI is InChI=1S/C25H34N6O.2C24H33N5O2.C23H29N5O3/c1-4-11-29(3)25(32)23-27-22(26)21-14-18(2)15-31(24(21)28-23)17-20-9-7-19(8-10-20)16-30-12-5-6-13-30;2*1-17-11-21-22(25)26-24(31-18(2)16-30-3)27-23(21)29(13-17)15-20-8-6-7-19(12-20)14-28-9-4-5-10-28;1-2-3-12-31-23-25-20(24)18-13-19(29)22(30)28(21(18)26-23)15-17-9-5-4-8-16(17)14-27-10-6-7-11-27/h7-10H,2,4-6,11-17H2,1,3H3,(H2,26,27,28);2*6-8,12,18H,1,4-5,9-11,13-16H2,2-3H3,(H2,25,26,27);4-5,8-9H,2-3,6-7,10-15H2,1H3,(H2,24,25,26)/t;2*18-;/m.10./s1. The maximum absolute atomic E-state index is 12.9. The molecule has 4 aromatic carbocycles. The van der Waals surface area contributed by atoms with Crippen LogP contribution in [0.4, 0.5) is 46.5 Å². The van der Waals surface area contributed by atoms with Gasteiger partial charge in [-0.2, -0.15) is 29.9 Å². The molecule has 0 saturated carbocycles. The number of ether oxygens (including phenoxy) is 5. The Morgan fingerprint density at radius 3 is 1.26 bits per heavy atom. The minimum absolute atomic E-state index is 0.0822. The number of benzene rings is 4. The molecule has 4 fully saturated rings. The number of anilines is 8. The molecule has 8 aliphatic heterocycles. The molecule has 2 atom stereocenters. The van der Waals surface area contributed by atoms with Gasteiger partial charge in [-0.05, 0) is 175 Å². The molecule has 2 amide bonds. The summed E-state index contributed by atoms with van der Waals surface area (Å²) in [5, 5.41) is 0. The number of nitrogens with zero attached hydrogens (tertiary/aromatic N) is 17. The molecule has 125 heavy (non-hydrogen) atoms. The van der Waals surface area contributed by atoms with Crippen molar-refractivity contribution < 1.29 is 38.1 Å². The second-order valence-corrected chi connectivity index (χ2v) is 34.5. The smallest absolute Gasteiger partial charge is 0.320 e. The molecule has 29 heteroatoms. The van der Waals surface area contributed by atoms with E-state index in [2.05, 4.69) is 170 Å². The van der Waals surface area contributed by atoms with E-state index >= 15 is 0 Å². The lowest BCUT2D eigenvalue weighted by Gasteiger charge is -2.32. The summed E-state index contributed by atoms with van der Waals surface area (Å²) in [6.45, 7) is 40.5. The number of likely N-dealkylation sites (tertiary alicyclic amines) is 4. The van der Waals surface area contributed by atoms with Crippen LogP contribution in [-0.2, 0) is 97.1 Å². The van der Waals surface area contributed by atoms with Crippen LogP contribution in [0.2, 0.25) is 0 Å². The number of carbonyl (C=O) groups excluding carboxylic acids is 3. The summed E-state index contributed by atoms with van der Waals surface area (Å²) in [6, 6.07) is 35.3. The van der Waals surface area contributed by atoms with Crippen molar-refractivity contribution in [3.63, 3.8) is 0 Å². The molecule has 29 nitrogen and oxygen atoms in total. The molecule has 0 aliphatic carbocycles. The van der Waals surface area contributed by atoms with Gasteiger partial charge in [0.25, 0.3) is 11.8 Å². The molecule has 12 heterocycles. The van der Waals surface area contributed by atoms with Gasteiger partial charge in [0, 0.05) is 141 Å². The Morgan fingerprint density at radius 1 is 0.440 bits per heavy atom. The number of nitrogens with two attached hydrogens (primary N) is 4. The summed E-state index contributed by atoms with van der Waals surface area (Å²) >= 11 is 0. The fraction of sp³-hybridized carbons (Fsp3) is 0.490. The number of carbonyl (C=O) groups is 3. The van der Waals surface area contributed by atoms with E-state index in [0.29, 0.717) is 99.6 Å². The van der Waals surface area contributed by atoms with Crippen molar-refractivity contribution in [2.75, 3.05) is 162 Å². The Labute approximate surface area is 737 Å². The van der Waals surface area contributed by atoms with Crippen molar-refractivity contribution in [3.8, 4) is 18.0 Å². The Hall–Kier alpha value is -11.2. The van der Waals surface area contributed by atoms with Crippen LogP contribution in [-0.4, -0.2) is 214 Å². The highest BCUT2D eigenvalue weighted by Crippen LogP contribution is 2.38. The van der Waals surface area contributed by atoms with Crippen LogP contribution in [0.3, 0.4) is 0 Å². The second-order valence-electron chi connectivity index (χ2n) is 34.5. The van der Waals surface area contributed by atoms with E-state index in [0.717, 1.165) is 147 Å². The first kappa shape index (κ1) is 91.5. The number of hydrogen-bond acceptors (Lipinski definition) is 27. The molecule has 8 aromatic rings. The first-order chi connectivity index (χ1) is 60.5. The quantitative estimate of drug-likeness (QED) is 0.0178. The average Bonchev–Trinajstić information content (AvgIpc) is 1.62. The molecule has 0 bridgehead atoms. The molecule has 4 aromatic heterocycles. The largest absolute Gasteiger partial charge is 0.463 e. The van der Waals surface area contributed by atoms with Gasteiger partial charge in [-0.25, -0.2) is 9.97 Å². The highest BCUT2D eigenvalue weighted by atomic mass is 16.5. The number of amides is 2. The minimum Gasteiger partial charge on any atom is -0.463 e. The monoisotopic (exact) mass is 1700 g/mol.